The molecule has 1 saturated heterocycles. The molecule has 1 aliphatic heterocycles. The summed E-state index contributed by atoms with van der Waals surface area (Å²) in [6, 6.07) is 9.47. The summed E-state index contributed by atoms with van der Waals surface area (Å²) in [7, 11) is 4.14. The Labute approximate surface area is 104 Å². The van der Waals surface area contributed by atoms with Crippen LogP contribution in [0, 0.1) is 0 Å². The smallest absolute Gasteiger partial charge is 0.0361 e. The number of nitrogens with zero attached hydrogens (tertiary/aromatic N) is 1. The average Bonchev–Trinajstić information content (AvgIpc) is 2.38. The topological polar surface area (TPSA) is 27.3 Å². The molecule has 2 rings (SSSR count). The van der Waals surface area contributed by atoms with E-state index in [1.807, 2.05) is 0 Å². The van der Waals surface area contributed by atoms with Crippen molar-refractivity contribution in [2.45, 2.75) is 25.4 Å². The van der Waals surface area contributed by atoms with Crippen LogP contribution in [0.3, 0.4) is 0 Å². The third kappa shape index (κ3) is 3.72. The molecule has 0 radical (unpaired) electrons. The lowest BCUT2D eigenvalue weighted by atomic mass is 10.1. The first-order valence-corrected chi connectivity index (χ1v) is 6.46. The lowest BCUT2D eigenvalue weighted by Gasteiger charge is -2.24. The Bertz CT molecular complexity index is 326. The maximum Gasteiger partial charge on any atom is 0.0361 e. The second-order valence-electron chi connectivity index (χ2n) is 4.97. The Morgan fingerprint density at radius 3 is 2.41 bits per heavy atom. The van der Waals surface area contributed by atoms with E-state index in [4.69, 9.17) is 0 Å². The van der Waals surface area contributed by atoms with Gasteiger partial charge in [-0.25, -0.2) is 0 Å². The molecule has 94 valence electrons. The summed E-state index contributed by atoms with van der Waals surface area (Å²) in [5.74, 6) is 0. The molecule has 0 bridgehead atoms. The normalized spacial score (nSPS) is 17.1. The third-order valence-corrected chi connectivity index (χ3v) is 3.39. The lowest BCUT2D eigenvalue weighted by Crippen LogP contribution is -2.39. The van der Waals surface area contributed by atoms with Crippen LogP contribution in [0.1, 0.15) is 18.4 Å². The fourth-order valence-corrected chi connectivity index (χ4v) is 2.20. The minimum atomic E-state index is 0.685. The summed E-state index contributed by atoms with van der Waals surface area (Å²) in [5.41, 5.74) is 2.63. The number of nitrogens with one attached hydrogen (secondary N) is 2. The van der Waals surface area contributed by atoms with Crippen molar-refractivity contribution in [2.24, 2.45) is 0 Å². The molecule has 3 nitrogen and oxygen atoms in total. The fourth-order valence-electron chi connectivity index (χ4n) is 2.20. The van der Waals surface area contributed by atoms with Gasteiger partial charge >= 0.3 is 0 Å². The zero-order valence-electron chi connectivity index (χ0n) is 10.9. The molecule has 1 aliphatic rings. The highest BCUT2D eigenvalue weighted by Crippen LogP contribution is 2.12. The summed E-state index contributed by atoms with van der Waals surface area (Å²) < 4.78 is 0. The van der Waals surface area contributed by atoms with Crippen molar-refractivity contribution in [1.82, 2.24) is 10.6 Å². The zero-order valence-corrected chi connectivity index (χ0v) is 10.9. The summed E-state index contributed by atoms with van der Waals surface area (Å²) in [4.78, 5) is 2.13. The van der Waals surface area contributed by atoms with Crippen LogP contribution in [0.5, 0.6) is 0 Å². The molecule has 0 spiro atoms. The maximum atomic E-state index is 3.63. The summed E-state index contributed by atoms with van der Waals surface area (Å²) in [6.07, 6.45) is 2.49. The molecule has 0 amide bonds. The van der Waals surface area contributed by atoms with Crippen LogP contribution < -0.4 is 15.5 Å². The Hall–Kier alpha value is -1.06. The first kappa shape index (κ1) is 12.4. The van der Waals surface area contributed by atoms with E-state index in [2.05, 4.69) is 53.9 Å². The van der Waals surface area contributed by atoms with Crippen molar-refractivity contribution >= 4 is 5.69 Å². The van der Waals surface area contributed by atoms with Crippen LogP contribution in [0.15, 0.2) is 24.3 Å². The summed E-state index contributed by atoms with van der Waals surface area (Å²) in [5, 5.41) is 7.02. The van der Waals surface area contributed by atoms with E-state index in [1.165, 1.54) is 24.1 Å². The zero-order chi connectivity index (χ0) is 12.1. The second-order valence-corrected chi connectivity index (χ2v) is 4.97. The van der Waals surface area contributed by atoms with E-state index >= 15 is 0 Å². The first-order valence-electron chi connectivity index (χ1n) is 6.46. The summed E-state index contributed by atoms with van der Waals surface area (Å²) in [6.45, 7) is 3.28. The van der Waals surface area contributed by atoms with Gasteiger partial charge in [0.15, 0.2) is 0 Å². The third-order valence-electron chi connectivity index (χ3n) is 3.39. The van der Waals surface area contributed by atoms with Crippen LogP contribution in [-0.2, 0) is 6.54 Å². The van der Waals surface area contributed by atoms with Crippen LogP contribution in [-0.4, -0.2) is 33.2 Å². The quantitative estimate of drug-likeness (QED) is 0.827. The van der Waals surface area contributed by atoms with Crippen molar-refractivity contribution in [3.05, 3.63) is 29.8 Å². The highest BCUT2D eigenvalue weighted by atomic mass is 15.1. The van der Waals surface area contributed by atoms with Gasteiger partial charge in [0.2, 0.25) is 0 Å². The van der Waals surface area contributed by atoms with Gasteiger partial charge in [0, 0.05) is 32.4 Å². The molecule has 1 fully saturated rings. The van der Waals surface area contributed by atoms with E-state index in [0.717, 1.165) is 19.6 Å². The van der Waals surface area contributed by atoms with E-state index in [-0.39, 0.29) is 0 Å². The van der Waals surface area contributed by atoms with E-state index < -0.39 is 0 Å². The van der Waals surface area contributed by atoms with Gasteiger partial charge in [0.05, 0.1) is 0 Å². The van der Waals surface area contributed by atoms with Gasteiger partial charge < -0.3 is 15.5 Å². The molecule has 2 N–H and O–H groups in total. The number of rotatable bonds is 4. The molecule has 0 aromatic heterocycles. The number of hydrogen-bond acceptors (Lipinski definition) is 3. The SMILES string of the molecule is CN(C)c1ccc(CNC2CCNCC2)cc1. The molecule has 1 aromatic rings. The minimum absolute atomic E-state index is 0.685. The molecule has 1 aromatic carbocycles. The van der Waals surface area contributed by atoms with Crippen LogP contribution in [0.2, 0.25) is 0 Å². The molecule has 0 saturated carbocycles. The highest BCUT2D eigenvalue weighted by molar-refractivity contribution is 5.45. The maximum absolute atomic E-state index is 3.63. The Morgan fingerprint density at radius 1 is 1.18 bits per heavy atom. The molecule has 3 heteroatoms. The predicted octanol–water partition coefficient (Wildman–Crippen LogP) is 1.59. The Balaban J connectivity index is 1.82. The average molecular weight is 233 g/mol. The molecule has 0 aliphatic carbocycles. The monoisotopic (exact) mass is 233 g/mol. The molecular formula is C14H23N3. The minimum Gasteiger partial charge on any atom is -0.378 e. The van der Waals surface area contributed by atoms with Crippen LogP contribution in [0.25, 0.3) is 0 Å². The molecule has 17 heavy (non-hydrogen) atoms. The number of benzene rings is 1. The van der Waals surface area contributed by atoms with E-state index in [0.29, 0.717) is 6.04 Å². The Kier molecular flexibility index (Phi) is 4.40. The molecule has 1 heterocycles. The molecular weight excluding hydrogens is 210 g/mol. The predicted molar refractivity (Wildman–Crippen MR) is 73.5 cm³/mol. The van der Waals surface area contributed by atoms with Gasteiger partial charge in [0.25, 0.3) is 0 Å². The van der Waals surface area contributed by atoms with Gasteiger partial charge in [0.1, 0.15) is 0 Å². The van der Waals surface area contributed by atoms with Crippen molar-refractivity contribution < 1.29 is 0 Å². The highest BCUT2D eigenvalue weighted by Gasteiger charge is 2.11. The number of piperidine rings is 1. The Morgan fingerprint density at radius 2 is 1.82 bits per heavy atom. The second kappa shape index (κ2) is 6.03. The van der Waals surface area contributed by atoms with Gasteiger partial charge in [-0.1, -0.05) is 12.1 Å². The lowest BCUT2D eigenvalue weighted by molar-refractivity contribution is 0.386. The first-order chi connectivity index (χ1) is 8.25. The largest absolute Gasteiger partial charge is 0.378 e. The van der Waals surface area contributed by atoms with Gasteiger partial charge in [-0.05, 0) is 43.6 Å². The van der Waals surface area contributed by atoms with Crippen molar-refractivity contribution in [2.75, 3.05) is 32.1 Å². The fraction of sp³-hybridized carbons (Fsp3) is 0.571. The van der Waals surface area contributed by atoms with E-state index in [1.54, 1.807) is 0 Å². The van der Waals surface area contributed by atoms with Gasteiger partial charge in [-0.3, -0.25) is 0 Å². The standard InChI is InChI=1S/C14H23N3/c1-17(2)14-5-3-12(4-6-14)11-16-13-7-9-15-10-8-13/h3-6,13,15-16H,7-11H2,1-2H3. The van der Waals surface area contributed by atoms with Crippen molar-refractivity contribution in [1.29, 1.82) is 0 Å². The van der Waals surface area contributed by atoms with Gasteiger partial charge in [-0.15, -0.1) is 0 Å². The van der Waals surface area contributed by atoms with Crippen molar-refractivity contribution in [3.63, 3.8) is 0 Å². The van der Waals surface area contributed by atoms with E-state index in [9.17, 15) is 0 Å². The van der Waals surface area contributed by atoms with Crippen LogP contribution >= 0.6 is 0 Å². The molecule has 0 unspecified atom stereocenters. The van der Waals surface area contributed by atoms with Gasteiger partial charge in [-0.2, -0.15) is 0 Å². The number of hydrogen-bond donors (Lipinski definition) is 2. The van der Waals surface area contributed by atoms with Crippen molar-refractivity contribution in [3.8, 4) is 0 Å². The van der Waals surface area contributed by atoms with Crippen LogP contribution in [0.4, 0.5) is 5.69 Å². The summed E-state index contributed by atoms with van der Waals surface area (Å²) >= 11 is 0. The number of anilines is 1. The molecule has 0 atom stereocenters.